The van der Waals surface area contributed by atoms with Gasteiger partial charge in [0.1, 0.15) is 0 Å². The first-order valence-corrected chi connectivity index (χ1v) is 6.47. The van der Waals surface area contributed by atoms with Crippen molar-refractivity contribution < 1.29 is 0 Å². The Morgan fingerprint density at radius 3 is 2.53 bits per heavy atom. The largest absolute Gasteiger partial charge is 0.397 e. The molecule has 0 spiro atoms. The Morgan fingerprint density at radius 2 is 2.00 bits per heavy atom. The van der Waals surface area contributed by atoms with E-state index in [1.807, 2.05) is 18.2 Å². The van der Waals surface area contributed by atoms with Crippen LogP contribution in [0.3, 0.4) is 0 Å². The minimum atomic E-state index is 0.236. The molecule has 0 saturated heterocycles. The summed E-state index contributed by atoms with van der Waals surface area (Å²) in [5, 5.41) is 4.06. The van der Waals surface area contributed by atoms with Crippen LogP contribution >= 0.6 is 11.6 Å². The van der Waals surface area contributed by atoms with Gasteiger partial charge in [-0.2, -0.15) is 0 Å². The second kappa shape index (κ2) is 5.63. The number of hydrogen-bond acceptors (Lipinski definition) is 2. The number of anilines is 2. The summed E-state index contributed by atoms with van der Waals surface area (Å²) >= 11 is 6.12. The molecule has 1 aromatic rings. The molecule has 0 aromatic heterocycles. The number of halogens is 1. The van der Waals surface area contributed by atoms with Crippen molar-refractivity contribution >= 4 is 23.0 Å². The molecule has 2 nitrogen and oxygen atoms in total. The highest BCUT2D eigenvalue weighted by atomic mass is 35.5. The fourth-order valence-electron chi connectivity index (χ4n) is 2.23. The summed E-state index contributed by atoms with van der Waals surface area (Å²) in [6.07, 6.45) is 1.17. The predicted octanol–water partition coefficient (Wildman–Crippen LogP) is 4.41. The molecule has 0 bridgehead atoms. The van der Waals surface area contributed by atoms with Crippen molar-refractivity contribution in [3.63, 3.8) is 0 Å². The Labute approximate surface area is 110 Å². The number of hydrogen-bond donors (Lipinski definition) is 2. The molecule has 0 aliphatic carbocycles. The van der Waals surface area contributed by atoms with Crippen LogP contribution in [-0.2, 0) is 0 Å². The van der Waals surface area contributed by atoms with Crippen LogP contribution in [0.5, 0.6) is 0 Å². The van der Waals surface area contributed by atoms with E-state index in [0.717, 1.165) is 12.2 Å². The van der Waals surface area contributed by atoms with Crippen LogP contribution in [0.15, 0.2) is 18.2 Å². The summed E-state index contributed by atoms with van der Waals surface area (Å²) in [7, 11) is 0. The van der Waals surface area contributed by atoms with Crippen LogP contribution < -0.4 is 11.1 Å². The quantitative estimate of drug-likeness (QED) is 0.764. The standard InChI is InChI=1S/C14H23ClN2/c1-10(2)8-14(3,4)9-17-13-11(15)6-5-7-12(13)16/h5-7,10,17H,8-9,16H2,1-4H3. The molecular weight excluding hydrogens is 232 g/mol. The van der Waals surface area contributed by atoms with Crippen LogP contribution in [0, 0.1) is 11.3 Å². The van der Waals surface area contributed by atoms with Gasteiger partial charge in [-0.1, -0.05) is 45.4 Å². The molecule has 0 aliphatic heterocycles. The van der Waals surface area contributed by atoms with Crippen LogP contribution in [0.4, 0.5) is 11.4 Å². The molecule has 1 rings (SSSR count). The molecule has 17 heavy (non-hydrogen) atoms. The van der Waals surface area contributed by atoms with E-state index in [-0.39, 0.29) is 5.41 Å². The smallest absolute Gasteiger partial charge is 0.0763 e. The lowest BCUT2D eigenvalue weighted by molar-refractivity contribution is 0.306. The van der Waals surface area contributed by atoms with E-state index in [9.17, 15) is 0 Å². The van der Waals surface area contributed by atoms with Gasteiger partial charge in [0.2, 0.25) is 0 Å². The summed E-state index contributed by atoms with van der Waals surface area (Å²) < 4.78 is 0. The van der Waals surface area contributed by atoms with E-state index in [1.54, 1.807) is 0 Å². The van der Waals surface area contributed by atoms with Gasteiger partial charge in [-0.25, -0.2) is 0 Å². The van der Waals surface area contributed by atoms with Gasteiger partial charge < -0.3 is 11.1 Å². The van der Waals surface area contributed by atoms with E-state index in [0.29, 0.717) is 16.6 Å². The minimum Gasteiger partial charge on any atom is -0.397 e. The fourth-order valence-corrected chi connectivity index (χ4v) is 2.48. The van der Waals surface area contributed by atoms with Gasteiger partial charge in [0.15, 0.2) is 0 Å². The highest BCUT2D eigenvalue weighted by molar-refractivity contribution is 6.33. The van der Waals surface area contributed by atoms with E-state index in [4.69, 9.17) is 17.3 Å². The number of nitrogens with two attached hydrogens (primary N) is 1. The van der Waals surface area contributed by atoms with Crippen molar-refractivity contribution in [1.29, 1.82) is 0 Å². The normalized spacial score (nSPS) is 11.9. The lowest BCUT2D eigenvalue weighted by Crippen LogP contribution is -2.25. The van der Waals surface area contributed by atoms with Gasteiger partial charge in [-0.15, -0.1) is 0 Å². The second-order valence-corrected chi connectivity index (χ2v) is 6.23. The van der Waals surface area contributed by atoms with Crippen LogP contribution in [0.2, 0.25) is 5.02 Å². The lowest BCUT2D eigenvalue weighted by atomic mass is 9.84. The summed E-state index contributed by atoms with van der Waals surface area (Å²) in [6.45, 7) is 9.87. The van der Waals surface area contributed by atoms with E-state index in [1.165, 1.54) is 6.42 Å². The molecule has 0 amide bonds. The molecule has 3 heteroatoms. The third-order valence-electron chi connectivity index (χ3n) is 2.75. The Balaban J connectivity index is 2.67. The zero-order chi connectivity index (χ0) is 13.1. The molecule has 0 atom stereocenters. The average molecular weight is 255 g/mol. The van der Waals surface area contributed by atoms with Gasteiger partial charge in [0.05, 0.1) is 16.4 Å². The number of rotatable bonds is 5. The Bertz CT molecular complexity index is 352. The van der Waals surface area contributed by atoms with Gasteiger partial charge in [-0.05, 0) is 29.9 Å². The van der Waals surface area contributed by atoms with E-state index in [2.05, 4.69) is 33.0 Å². The molecule has 96 valence electrons. The Hall–Kier alpha value is -0.890. The Morgan fingerprint density at radius 1 is 1.35 bits per heavy atom. The lowest BCUT2D eigenvalue weighted by Gasteiger charge is -2.28. The predicted molar refractivity (Wildman–Crippen MR) is 77.6 cm³/mol. The van der Waals surface area contributed by atoms with Gasteiger partial charge in [0, 0.05) is 6.54 Å². The molecule has 0 saturated carbocycles. The molecule has 1 aromatic carbocycles. The van der Waals surface area contributed by atoms with Crippen LogP contribution in [0.1, 0.15) is 34.1 Å². The molecule has 0 fully saturated rings. The molecular formula is C14H23ClN2. The average Bonchev–Trinajstić information content (AvgIpc) is 2.14. The summed E-state index contributed by atoms with van der Waals surface area (Å²) in [5.74, 6) is 0.690. The zero-order valence-electron chi connectivity index (χ0n) is 11.2. The molecule has 0 aliphatic rings. The maximum absolute atomic E-state index is 6.12. The SMILES string of the molecule is CC(C)CC(C)(C)CNc1c(N)cccc1Cl. The molecule has 0 unspecified atom stereocenters. The highest BCUT2D eigenvalue weighted by Gasteiger charge is 2.19. The Kier molecular flexibility index (Phi) is 4.70. The van der Waals surface area contributed by atoms with Crippen molar-refractivity contribution in [2.24, 2.45) is 11.3 Å². The first kappa shape index (κ1) is 14.2. The van der Waals surface area contributed by atoms with E-state index < -0.39 is 0 Å². The van der Waals surface area contributed by atoms with Crippen molar-refractivity contribution in [2.75, 3.05) is 17.6 Å². The second-order valence-electron chi connectivity index (χ2n) is 5.82. The molecule has 0 radical (unpaired) electrons. The number of nitrogen functional groups attached to an aromatic ring is 1. The zero-order valence-corrected chi connectivity index (χ0v) is 11.9. The number of para-hydroxylation sites is 1. The van der Waals surface area contributed by atoms with Crippen molar-refractivity contribution in [3.8, 4) is 0 Å². The topological polar surface area (TPSA) is 38.0 Å². The number of nitrogens with one attached hydrogen (secondary N) is 1. The van der Waals surface area contributed by atoms with Crippen LogP contribution in [-0.4, -0.2) is 6.54 Å². The highest BCUT2D eigenvalue weighted by Crippen LogP contribution is 2.31. The van der Waals surface area contributed by atoms with Gasteiger partial charge >= 0.3 is 0 Å². The van der Waals surface area contributed by atoms with Crippen molar-refractivity contribution in [2.45, 2.75) is 34.1 Å². The van der Waals surface area contributed by atoms with Crippen LogP contribution in [0.25, 0.3) is 0 Å². The third kappa shape index (κ3) is 4.47. The first-order chi connectivity index (χ1) is 7.82. The van der Waals surface area contributed by atoms with Crippen molar-refractivity contribution in [3.05, 3.63) is 23.2 Å². The molecule has 0 heterocycles. The van der Waals surface area contributed by atoms with E-state index >= 15 is 0 Å². The van der Waals surface area contributed by atoms with Gasteiger partial charge in [0.25, 0.3) is 0 Å². The minimum absolute atomic E-state index is 0.236. The maximum atomic E-state index is 6.12. The van der Waals surface area contributed by atoms with Crippen molar-refractivity contribution in [1.82, 2.24) is 0 Å². The summed E-state index contributed by atoms with van der Waals surface area (Å²) in [6, 6.07) is 5.58. The van der Waals surface area contributed by atoms with Gasteiger partial charge in [-0.3, -0.25) is 0 Å². The first-order valence-electron chi connectivity index (χ1n) is 6.10. The third-order valence-corrected chi connectivity index (χ3v) is 3.07. The maximum Gasteiger partial charge on any atom is 0.0763 e. The summed E-state index contributed by atoms with van der Waals surface area (Å²) in [5.41, 5.74) is 7.70. The number of benzene rings is 1. The summed E-state index contributed by atoms with van der Waals surface area (Å²) in [4.78, 5) is 0. The monoisotopic (exact) mass is 254 g/mol. The molecule has 3 N–H and O–H groups in total. The fraction of sp³-hybridized carbons (Fsp3) is 0.571.